The maximum atomic E-state index is 12.0. The lowest BCUT2D eigenvalue weighted by Crippen LogP contribution is -2.45. The van der Waals surface area contributed by atoms with E-state index in [1.54, 1.807) is 0 Å². The summed E-state index contributed by atoms with van der Waals surface area (Å²) in [5.41, 5.74) is 2.71. The summed E-state index contributed by atoms with van der Waals surface area (Å²) in [7, 11) is -3.55. The molecule has 1 aliphatic heterocycles. The van der Waals surface area contributed by atoms with E-state index in [9.17, 15) is 9.90 Å². The summed E-state index contributed by atoms with van der Waals surface area (Å²) in [6.07, 6.45) is 0.0206. The van der Waals surface area contributed by atoms with Gasteiger partial charge in [-0.2, -0.15) is 0 Å². The van der Waals surface area contributed by atoms with Crippen LogP contribution < -0.4 is 10.5 Å². The maximum Gasteiger partial charge on any atom is 0.260 e. The first-order valence-corrected chi connectivity index (χ1v) is 16.7. The normalized spacial score (nSPS) is 17.0. The highest BCUT2D eigenvalue weighted by Gasteiger charge is 2.38. The number of rotatable bonds is 7. The summed E-state index contributed by atoms with van der Waals surface area (Å²) in [5, 5.41) is 15.2. The maximum absolute atomic E-state index is 12.0. The van der Waals surface area contributed by atoms with Crippen LogP contribution in [0.4, 0.5) is 0 Å². The molecule has 0 aromatic heterocycles. The first-order valence-electron chi connectivity index (χ1n) is 10.2. The zero-order valence-electron chi connectivity index (χ0n) is 19.0. The van der Waals surface area contributed by atoms with E-state index < -0.39 is 22.5 Å². The van der Waals surface area contributed by atoms with E-state index in [1.807, 2.05) is 6.92 Å². The number of carbonyl (C=O) groups excluding carboxylic acids is 1. The van der Waals surface area contributed by atoms with E-state index in [2.05, 4.69) is 71.0 Å². The van der Waals surface area contributed by atoms with Crippen molar-refractivity contribution in [3.05, 3.63) is 28.8 Å². The molecule has 0 spiro atoms. The van der Waals surface area contributed by atoms with Crippen LogP contribution in [0.3, 0.4) is 0 Å². The molecule has 2 rings (SSSR count). The minimum Gasteiger partial charge on any atom is -0.416 e. The summed E-state index contributed by atoms with van der Waals surface area (Å²) in [5.74, 6) is -0.0287. The van der Waals surface area contributed by atoms with E-state index in [0.29, 0.717) is 25.1 Å². The van der Waals surface area contributed by atoms with Gasteiger partial charge in [-0.15, -0.1) is 0 Å². The molecule has 0 aliphatic carbocycles. The largest absolute Gasteiger partial charge is 0.416 e. The lowest BCUT2D eigenvalue weighted by Gasteiger charge is -2.37. The fraction of sp³-hybridized carbons (Fsp3) is 0.682. The summed E-state index contributed by atoms with van der Waals surface area (Å²) < 4.78 is 6.32. The average Bonchev–Trinajstić information content (AvgIpc) is 2.91. The molecule has 2 atom stereocenters. The Morgan fingerprint density at radius 2 is 1.79 bits per heavy atom. The van der Waals surface area contributed by atoms with Crippen LogP contribution in [0, 0.1) is 18.1 Å². The SMILES string of the molecule is C[C@@H](CO[Si](C)(C)C(C)(C)C)[C@@H](O)Cc1c#cc2c(c1[Si](C)(C)C)CNC2=O. The second kappa shape index (κ2) is 7.94. The van der Waals surface area contributed by atoms with Crippen LogP contribution in [0.1, 0.15) is 49.2 Å². The van der Waals surface area contributed by atoms with Crippen molar-refractivity contribution in [3.63, 3.8) is 0 Å². The highest BCUT2D eigenvalue weighted by molar-refractivity contribution is 6.89. The van der Waals surface area contributed by atoms with E-state index in [-0.39, 0.29) is 16.9 Å². The van der Waals surface area contributed by atoms with E-state index >= 15 is 0 Å². The van der Waals surface area contributed by atoms with Crippen LogP contribution >= 0.6 is 0 Å². The van der Waals surface area contributed by atoms with Gasteiger partial charge in [0.15, 0.2) is 8.32 Å². The van der Waals surface area contributed by atoms with Gasteiger partial charge in [-0.25, -0.2) is 0 Å². The molecule has 1 amide bonds. The molecule has 1 aromatic rings. The summed E-state index contributed by atoms with van der Waals surface area (Å²) in [6, 6.07) is 6.26. The van der Waals surface area contributed by atoms with E-state index in [1.165, 1.54) is 5.19 Å². The molecule has 1 heterocycles. The fourth-order valence-electron chi connectivity index (χ4n) is 3.35. The quantitative estimate of drug-likeness (QED) is 0.664. The van der Waals surface area contributed by atoms with Gasteiger partial charge in [0.25, 0.3) is 5.91 Å². The van der Waals surface area contributed by atoms with E-state index in [4.69, 9.17) is 4.43 Å². The number of nitrogens with one attached hydrogen (secondary N) is 1. The molecule has 2 N–H and O–H groups in total. The highest BCUT2D eigenvalue weighted by atomic mass is 28.4. The molecule has 0 fully saturated rings. The lowest BCUT2D eigenvalue weighted by molar-refractivity contribution is 0.0806. The summed E-state index contributed by atoms with van der Waals surface area (Å²) >= 11 is 0. The molecule has 156 valence electrons. The molecule has 4 nitrogen and oxygen atoms in total. The van der Waals surface area contributed by atoms with Crippen molar-refractivity contribution < 1.29 is 14.3 Å². The first kappa shape index (κ1) is 23.1. The van der Waals surface area contributed by atoms with Crippen LogP contribution in [0.25, 0.3) is 0 Å². The van der Waals surface area contributed by atoms with Crippen molar-refractivity contribution in [3.8, 4) is 0 Å². The van der Waals surface area contributed by atoms with Crippen LogP contribution in [-0.4, -0.2) is 40.1 Å². The van der Waals surface area contributed by atoms with Crippen molar-refractivity contribution in [1.29, 1.82) is 0 Å². The molecular formula is C22H37NO3Si2. The first-order chi connectivity index (χ1) is 12.6. The van der Waals surface area contributed by atoms with Crippen molar-refractivity contribution in [2.24, 2.45) is 5.92 Å². The molecule has 0 saturated heterocycles. The van der Waals surface area contributed by atoms with Crippen LogP contribution in [0.15, 0.2) is 0 Å². The molecule has 0 bridgehead atoms. The smallest absolute Gasteiger partial charge is 0.260 e. The number of aliphatic hydroxyl groups is 1. The minimum atomic E-state index is -1.83. The van der Waals surface area contributed by atoms with Gasteiger partial charge in [0.05, 0.1) is 19.7 Å². The van der Waals surface area contributed by atoms with Crippen LogP contribution in [-0.2, 0) is 17.4 Å². The van der Waals surface area contributed by atoms with Crippen molar-refractivity contribution in [1.82, 2.24) is 5.32 Å². The number of hydrogen-bond donors (Lipinski definition) is 2. The zero-order valence-corrected chi connectivity index (χ0v) is 21.0. The third-order valence-corrected chi connectivity index (χ3v) is 12.8. The van der Waals surface area contributed by atoms with Crippen LogP contribution in [0.5, 0.6) is 0 Å². The van der Waals surface area contributed by atoms with Crippen molar-refractivity contribution >= 4 is 27.5 Å². The number of amides is 1. The van der Waals surface area contributed by atoms with Gasteiger partial charge in [-0.3, -0.25) is 4.79 Å². The number of aliphatic hydroxyl groups excluding tert-OH is 1. The predicted octanol–water partition coefficient (Wildman–Crippen LogP) is 3.64. The molecule has 28 heavy (non-hydrogen) atoms. The molecule has 6 heteroatoms. The van der Waals surface area contributed by atoms with Crippen molar-refractivity contribution in [2.75, 3.05) is 6.61 Å². The Kier molecular flexibility index (Phi) is 6.57. The third kappa shape index (κ3) is 4.88. The molecule has 0 radical (unpaired) electrons. The van der Waals surface area contributed by atoms with Gasteiger partial charge < -0.3 is 14.8 Å². The standard InChI is InChI=1S/C22H37NO3Si2/c1-15(14-26-28(8,9)22(2,3)4)19(24)12-16-10-11-17-18(13-23-21(17)25)20(16)27(5,6)7/h15,19,24H,12-14H2,1-9H3,(H,23,25)/t15-,19-/m0/s1. The third-order valence-electron chi connectivity index (χ3n) is 6.23. The summed E-state index contributed by atoms with van der Waals surface area (Å²) in [4.78, 5) is 12.0. The Bertz CT molecular complexity index is 733. The Labute approximate surface area is 173 Å². The topological polar surface area (TPSA) is 58.6 Å². The number of fused-ring (bicyclic) bond motifs is 1. The van der Waals surface area contributed by atoms with Crippen molar-refractivity contribution in [2.45, 2.75) is 84.5 Å². The highest BCUT2D eigenvalue weighted by Crippen LogP contribution is 2.37. The van der Waals surface area contributed by atoms with Gasteiger partial charge >= 0.3 is 0 Å². The molecule has 0 saturated carbocycles. The molecule has 1 aromatic carbocycles. The Morgan fingerprint density at radius 3 is 2.32 bits per heavy atom. The van der Waals surface area contributed by atoms with Gasteiger partial charge in [0.1, 0.15) is 0 Å². The van der Waals surface area contributed by atoms with Gasteiger partial charge in [-0.05, 0) is 28.9 Å². The molecular weight excluding hydrogens is 382 g/mol. The fourth-order valence-corrected chi connectivity index (χ4v) is 6.65. The lowest BCUT2D eigenvalue weighted by atomic mass is 9.97. The van der Waals surface area contributed by atoms with Gasteiger partial charge in [-0.1, -0.05) is 59.5 Å². The Morgan fingerprint density at radius 1 is 1.18 bits per heavy atom. The second-order valence-electron chi connectivity index (χ2n) is 10.7. The van der Waals surface area contributed by atoms with Crippen LogP contribution in [0.2, 0.25) is 37.8 Å². The second-order valence-corrected chi connectivity index (χ2v) is 20.5. The Balaban J connectivity index is 2.18. The molecule has 0 unspecified atom stereocenters. The van der Waals surface area contributed by atoms with Gasteiger partial charge in [0.2, 0.25) is 0 Å². The minimum absolute atomic E-state index is 0.0324. The average molecular weight is 420 g/mol. The van der Waals surface area contributed by atoms with E-state index in [0.717, 1.165) is 11.1 Å². The zero-order chi connectivity index (χ0) is 21.5. The molecule has 1 aliphatic rings. The monoisotopic (exact) mass is 419 g/mol. The number of hydrogen-bond acceptors (Lipinski definition) is 3. The number of carbonyl (C=O) groups is 1. The predicted molar refractivity (Wildman–Crippen MR) is 120 cm³/mol. The van der Waals surface area contributed by atoms with Gasteiger partial charge in [0, 0.05) is 31.1 Å². The summed E-state index contributed by atoms with van der Waals surface area (Å²) in [6.45, 7) is 21.2. The Hall–Kier alpha value is -1.14.